The summed E-state index contributed by atoms with van der Waals surface area (Å²) in [4.78, 5) is 2.73. The molecule has 24 nitrogen and oxygen atoms in total. The highest BCUT2D eigenvalue weighted by molar-refractivity contribution is 4.99. The molecule has 0 aromatic rings. The van der Waals surface area contributed by atoms with E-state index in [2.05, 4.69) is 10.0 Å². The Morgan fingerprint density at radius 3 is 1.89 bits per heavy atom. The van der Waals surface area contributed by atoms with Gasteiger partial charge in [-0.1, -0.05) is 5.11 Å². The first-order valence-corrected chi connectivity index (χ1v) is 17.4. The van der Waals surface area contributed by atoms with Crippen LogP contribution in [0.2, 0.25) is 0 Å². The zero-order valence-electron chi connectivity index (χ0n) is 28.6. The summed E-state index contributed by atoms with van der Waals surface area (Å²) in [5, 5.41) is 97.5. The molecule has 5 fully saturated rings. The Balaban J connectivity index is 1.29. The van der Waals surface area contributed by atoms with E-state index < -0.39 is 148 Å². The van der Waals surface area contributed by atoms with Crippen LogP contribution in [0.5, 0.6) is 0 Å². The van der Waals surface area contributed by atoms with E-state index in [1.807, 2.05) is 0 Å². The molecule has 53 heavy (non-hydrogen) atoms. The van der Waals surface area contributed by atoms with Crippen LogP contribution in [0, 0.1) is 0 Å². The van der Waals surface area contributed by atoms with Gasteiger partial charge in [0.15, 0.2) is 25.2 Å². The fourth-order valence-corrected chi connectivity index (χ4v) is 7.14. The predicted octanol–water partition coefficient (Wildman–Crippen LogP) is -7.63. The van der Waals surface area contributed by atoms with Crippen molar-refractivity contribution in [3.05, 3.63) is 10.4 Å². The molecule has 306 valence electrons. The van der Waals surface area contributed by atoms with Gasteiger partial charge in [0.2, 0.25) is 0 Å². The lowest BCUT2D eigenvalue weighted by Crippen LogP contribution is -2.67. The van der Waals surface area contributed by atoms with Gasteiger partial charge in [-0.3, -0.25) is 0 Å². The lowest BCUT2D eigenvalue weighted by molar-refractivity contribution is -0.348. The number of aliphatic hydroxyl groups excluding tert-OH is 9. The summed E-state index contributed by atoms with van der Waals surface area (Å²) in [5.41, 5.74) is 33.5. The molecular weight excluding hydrogens is 718 g/mol. The van der Waals surface area contributed by atoms with Gasteiger partial charge in [-0.25, -0.2) is 0 Å². The third-order valence-electron chi connectivity index (χ3n) is 10.3. The van der Waals surface area contributed by atoms with Crippen LogP contribution >= 0.6 is 0 Å². The average molecular weight is 772 g/mol. The molecule has 1 aliphatic carbocycles. The zero-order chi connectivity index (χ0) is 38.7. The molecule has 1 saturated carbocycles. The fourth-order valence-electron chi connectivity index (χ4n) is 7.14. The molecule has 0 radical (unpaired) electrons. The van der Waals surface area contributed by atoms with E-state index in [0.29, 0.717) is 6.42 Å². The largest absolute Gasteiger partial charge is 0.394 e. The number of rotatable bonds is 13. The summed E-state index contributed by atoms with van der Waals surface area (Å²) < 4.78 is 46.8. The second kappa shape index (κ2) is 18.6. The molecular formula is C29H53N7O17. The van der Waals surface area contributed by atoms with Crippen molar-refractivity contribution in [2.24, 2.45) is 28.0 Å². The van der Waals surface area contributed by atoms with E-state index >= 15 is 0 Å². The Labute approximate surface area is 302 Å². The van der Waals surface area contributed by atoms with Gasteiger partial charge < -0.3 is 107 Å². The minimum atomic E-state index is -1.80. The summed E-state index contributed by atoms with van der Waals surface area (Å²) >= 11 is 0. The van der Waals surface area contributed by atoms with Crippen LogP contribution in [0.3, 0.4) is 0 Å². The lowest BCUT2D eigenvalue weighted by atomic mass is 9.87. The monoisotopic (exact) mass is 771 g/mol. The first-order valence-electron chi connectivity index (χ1n) is 17.4. The van der Waals surface area contributed by atoms with Crippen molar-refractivity contribution in [2.75, 3.05) is 26.3 Å². The summed E-state index contributed by atoms with van der Waals surface area (Å²) in [5.74, 6) is 0. The lowest BCUT2D eigenvalue weighted by Gasteiger charge is -2.47. The Morgan fingerprint density at radius 2 is 1.23 bits per heavy atom. The first-order chi connectivity index (χ1) is 25.2. The Morgan fingerprint density at radius 1 is 0.623 bits per heavy atom. The van der Waals surface area contributed by atoms with Gasteiger partial charge in [-0.2, -0.15) is 0 Å². The summed E-state index contributed by atoms with van der Waals surface area (Å²) in [6.45, 7) is -1.82. The summed E-state index contributed by atoms with van der Waals surface area (Å²) in [6.07, 6.45) is -25.7. The van der Waals surface area contributed by atoms with E-state index in [1.165, 1.54) is 0 Å². The van der Waals surface area contributed by atoms with E-state index in [-0.39, 0.29) is 25.9 Å². The maximum atomic E-state index is 11.5. The minimum Gasteiger partial charge on any atom is -0.394 e. The first kappa shape index (κ1) is 42.6. The number of nitrogens with zero attached hydrogens (tertiary/aromatic N) is 3. The summed E-state index contributed by atoms with van der Waals surface area (Å²) in [7, 11) is 0. The average Bonchev–Trinajstić information content (AvgIpc) is 3.44. The van der Waals surface area contributed by atoms with E-state index in [9.17, 15) is 46.0 Å². The van der Waals surface area contributed by atoms with Gasteiger partial charge >= 0.3 is 0 Å². The molecule has 0 aromatic heterocycles. The molecule has 24 heteroatoms. The van der Waals surface area contributed by atoms with Crippen LogP contribution in [0.4, 0.5) is 0 Å². The maximum absolute atomic E-state index is 11.5. The smallest absolute Gasteiger partial charge is 0.187 e. The zero-order valence-corrected chi connectivity index (χ0v) is 28.6. The molecule has 5 rings (SSSR count). The van der Waals surface area contributed by atoms with E-state index in [4.69, 9.17) is 66.4 Å². The van der Waals surface area contributed by atoms with Gasteiger partial charge in [0, 0.05) is 23.9 Å². The SMILES string of the molecule is [N-]=[N+]=NCC1OC(OC2C(OC3OC(CO)CC(O)C3N)CCC(N)C2O)C(O)C1OC1OC(CN)C(OC2OC(CO)C(O)C(O)C2O)C(O)C1N. The highest BCUT2D eigenvalue weighted by atomic mass is 16.8. The topological polar surface area (TPSA) is 409 Å². The van der Waals surface area contributed by atoms with Crippen LogP contribution in [-0.4, -0.2) is 207 Å². The quantitative estimate of drug-likeness (QED) is 0.0470. The molecule has 17 N–H and O–H groups in total. The van der Waals surface area contributed by atoms with Crippen LogP contribution in [0.1, 0.15) is 19.3 Å². The van der Waals surface area contributed by atoms with E-state index in [0.717, 1.165) is 0 Å². The Kier molecular flexibility index (Phi) is 15.0. The van der Waals surface area contributed by atoms with Crippen LogP contribution < -0.4 is 22.9 Å². The molecule has 4 saturated heterocycles. The summed E-state index contributed by atoms with van der Waals surface area (Å²) in [6, 6.07) is -3.20. The number of ether oxygens (including phenoxy) is 8. The van der Waals surface area contributed by atoms with Gasteiger partial charge in [-0.05, 0) is 18.4 Å². The number of nitrogens with two attached hydrogens (primary N) is 4. The van der Waals surface area contributed by atoms with Crippen LogP contribution in [-0.2, 0) is 37.9 Å². The Hall–Kier alpha value is -1.53. The van der Waals surface area contributed by atoms with Crippen LogP contribution in [0.25, 0.3) is 10.4 Å². The van der Waals surface area contributed by atoms with E-state index in [1.54, 1.807) is 0 Å². The standard InChI is InChI=1S/C29H53N7O17/c30-4-12-24(53-28-21(44)20(43)18(41)14(7-38)50-28)19(42)16(33)27(48-12)51-25-13(5-35-36-34)49-29(22(25)45)52-23-11(2-1-9(31)17(23)40)47-26-15(32)10(39)3-8(6-37)46-26/h8-29,37-45H,1-7,30-33H2. The van der Waals surface area contributed by atoms with Gasteiger partial charge in [0.25, 0.3) is 0 Å². The fraction of sp³-hybridized carbons (Fsp3) is 1.00. The highest BCUT2D eigenvalue weighted by Gasteiger charge is 2.54. The van der Waals surface area contributed by atoms with Gasteiger partial charge in [0.05, 0.1) is 62.4 Å². The molecule has 0 bridgehead atoms. The maximum Gasteiger partial charge on any atom is 0.187 e. The van der Waals surface area contributed by atoms with Crippen molar-refractivity contribution in [1.29, 1.82) is 0 Å². The molecule has 0 aromatic carbocycles. The van der Waals surface area contributed by atoms with Gasteiger partial charge in [0.1, 0.15) is 61.0 Å². The van der Waals surface area contributed by atoms with Crippen molar-refractivity contribution in [3.63, 3.8) is 0 Å². The third kappa shape index (κ3) is 9.21. The van der Waals surface area contributed by atoms with Crippen molar-refractivity contribution >= 4 is 0 Å². The normalized spacial score (nSPS) is 50.8. The second-order valence-corrected chi connectivity index (χ2v) is 13.9. The molecule has 4 heterocycles. The highest BCUT2D eigenvalue weighted by Crippen LogP contribution is 2.35. The number of hydrogen-bond acceptors (Lipinski definition) is 22. The third-order valence-corrected chi connectivity index (χ3v) is 10.3. The van der Waals surface area contributed by atoms with Gasteiger partial charge in [-0.15, -0.1) is 0 Å². The number of aliphatic hydroxyl groups is 9. The Bertz CT molecular complexity index is 1210. The molecule has 22 atom stereocenters. The molecule has 0 spiro atoms. The van der Waals surface area contributed by atoms with Crippen molar-refractivity contribution in [2.45, 2.75) is 154 Å². The van der Waals surface area contributed by atoms with Crippen molar-refractivity contribution in [1.82, 2.24) is 0 Å². The predicted molar refractivity (Wildman–Crippen MR) is 171 cm³/mol. The second-order valence-electron chi connectivity index (χ2n) is 13.9. The number of hydrogen-bond donors (Lipinski definition) is 13. The molecule has 4 aliphatic heterocycles. The molecule has 5 aliphatic rings. The number of azide groups is 1. The molecule has 22 unspecified atom stereocenters. The van der Waals surface area contributed by atoms with Crippen molar-refractivity contribution in [3.8, 4) is 0 Å². The van der Waals surface area contributed by atoms with Crippen molar-refractivity contribution < 1.29 is 83.9 Å². The van der Waals surface area contributed by atoms with Crippen LogP contribution in [0.15, 0.2) is 5.11 Å². The minimum absolute atomic E-state index is 0.0784. The molecule has 0 amide bonds.